The van der Waals surface area contributed by atoms with Gasteiger partial charge in [0.05, 0.1) is 6.61 Å². The van der Waals surface area contributed by atoms with Crippen molar-refractivity contribution in [3.05, 3.63) is 34.3 Å². The molecule has 3 N–H and O–H groups in total. The second kappa shape index (κ2) is 4.22. The zero-order chi connectivity index (χ0) is 9.90. The second-order valence-electron chi connectivity index (χ2n) is 3.62. The fourth-order valence-electron chi connectivity index (χ4n) is 1.12. The maximum absolute atomic E-state index is 8.98. The summed E-state index contributed by atoms with van der Waals surface area (Å²) < 4.78 is 1.05. The van der Waals surface area contributed by atoms with Crippen molar-refractivity contribution in [2.45, 2.75) is 18.9 Å². The van der Waals surface area contributed by atoms with Crippen molar-refractivity contribution in [2.24, 2.45) is 5.73 Å². The number of halogens is 1. The normalized spacial score (nSPS) is 15.4. The molecule has 0 aliphatic rings. The van der Waals surface area contributed by atoms with Gasteiger partial charge in [-0.3, -0.25) is 0 Å². The van der Waals surface area contributed by atoms with E-state index in [1.54, 1.807) is 0 Å². The zero-order valence-electron chi connectivity index (χ0n) is 7.63. The van der Waals surface area contributed by atoms with Crippen molar-refractivity contribution < 1.29 is 5.11 Å². The van der Waals surface area contributed by atoms with E-state index in [1.807, 2.05) is 31.2 Å². The molecule has 3 heteroatoms. The summed E-state index contributed by atoms with van der Waals surface area (Å²) in [6, 6.07) is 7.96. The topological polar surface area (TPSA) is 46.2 Å². The van der Waals surface area contributed by atoms with E-state index in [4.69, 9.17) is 10.8 Å². The third-order valence-electron chi connectivity index (χ3n) is 1.88. The van der Waals surface area contributed by atoms with Gasteiger partial charge in [0.2, 0.25) is 0 Å². The monoisotopic (exact) mass is 243 g/mol. The van der Waals surface area contributed by atoms with Crippen molar-refractivity contribution in [2.75, 3.05) is 6.61 Å². The maximum atomic E-state index is 8.98. The van der Waals surface area contributed by atoms with Crippen LogP contribution in [0.4, 0.5) is 0 Å². The van der Waals surface area contributed by atoms with Crippen LogP contribution in [0.2, 0.25) is 0 Å². The van der Waals surface area contributed by atoms with Crippen molar-refractivity contribution >= 4 is 15.9 Å². The van der Waals surface area contributed by atoms with E-state index in [0.29, 0.717) is 6.42 Å². The zero-order valence-corrected chi connectivity index (χ0v) is 9.21. The molecule has 0 saturated carbocycles. The van der Waals surface area contributed by atoms with Gasteiger partial charge in [0.1, 0.15) is 0 Å². The van der Waals surface area contributed by atoms with Gasteiger partial charge in [0.15, 0.2) is 0 Å². The molecule has 1 aromatic rings. The van der Waals surface area contributed by atoms with Crippen LogP contribution < -0.4 is 5.73 Å². The molecule has 1 aromatic carbocycles. The molecular formula is C10H14BrNO. The van der Waals surface area contributed by atoms with Gasteiger partial charge >= 0.3 is 0 Å². The van der Waals surface area contributed by atoms with Crippen molar-refractivity contribution in [1.82, 2.24) is 0 Å². The summed E-state index contributed by atoms with van der Waals surface area (Å²) in [5.74, 6) is 0. The van der Waals surface area contributed by atoms with Crippen LogP contribution in [-0.2, 0) is 6.42 Å². The number of aliphatic hydroxyl groups excluding tert-OH is 1. The van der Waals surface area contributed by atoms with E-state index < -0.39 is 5.54 Å². The SMILES string of the molecule is C[C@](N)(CO)Cc1ccc(Br)cc1. The first kappa shape index (κ1) is 10.7. The largest absolute Gasteiger partial charge is 0.394 e. The lowest BCUT2D eigenvalue weighted by Crippen LogP contribution is -2.42. The van der Waals surface area contributed by atoms with E-state index in [0.717, 1.165) is 10.0 Å². The van der Waals surface area contributed by atoms with Crippen LogP contribution in [-0.4, -0.2) is 17.3 Å². The lowest BCUT2D eigenvalue weighted by atomic mass is 9.95. The molecule has 0 bridgehead atoms. The van der Waals surface area contributed by atoms with Gasteiger partial charge in [-0.05, 0) is 31.0 Å². The molecule has 0 aliphatic carbocycles. The van der Waals surface area contributed by atoms with Crippen LogP contribution in [0, 0.1) is 0 Å². The average molecular weight is 244 g/mol. The van der Waals surface area contributed by atoms with Crippen LogP contribution in [0.15, 0.2) is 28.7 Å². The van der Waals surface area contributed by atoms with Crippen LogP contribution >= 0.6 is 15.9 Å². The number of benzene rings is 1. The van der Waals surface area contributed by atoms with Crippen LogP contribution in [0.1, 0.15) is 12.5 Å². The van der Waals surface area contributed by atoms with E-state index in [-0.39, 0.29) is 6.61 Å². The summed E-state index contributed by atoms with van der Waals surface area (Å²) in [5.41, 5.74) is 6.45. The number of hydrogen-bond donors (Lipinski definition) is 2. The average Bonchev–Trinajstić information content (AvgIpc) is 2.09. The maximum Gasteiger partial charge on any atom is 0.0611 e. The quantitative estimate of drug-likeness (QED) is 0.850. The Balaban J connectivity index is 2.69. The van der Waals surface area contributed by atoms with Gasteiger partial charge in [0, 0.05) is 10.0 Å². The van der Waals surface area contributed by atoms with Gasteiger partial charge in [-0.15, -0.1) is 0 Å². The Morgan fingerprint density at radius 3 is 2.38 bits per heavy atom. The first-order valence-electron chi connectivity index (χ1n) is 4.18. The van der Waals surface area contributed by atoms with Crippen molar-refractivity contribution in [3.8, 4) is 0 Å². The predicted octanol–water partition coefficient (Wildman–Crippen LogP) is 1.70. The molecule has 0 unspecified atom stereocenters. The lowest BCUT2D eigenvalue weighted by molar-refractivity contribution is 0.208. The molecular weight excluding hydrogens is 230 g/mol. The van der Waals surface area contributed by atoms with Crippen LogP contribution in [0.5, 0.6) is 0 Å². The Labute approximate surface area is 86.9 Å². The molecule has 1 atom stereocenters. The third kappa shape index (κ3) is 3.46. The van der Waals surface area contributed by atoms with Crippen LogP contribution in [0.25, 0.3) is 0 Å². The first-order chi connectivity index (χ1) is 6.03. The van der Waals surface area contributed by atoms with E-state index in [2.05, 4.69) is 15.9 Å². The molecule has 1 rings (SSSR count). The highest BCUT2D eigenvalue weighted by Gasteiger charge is 2.17. The molecule has 0 radical (unpaired) electrons. The summed E-state index contributed by atoms with van der Waals surface area (Å²) >= 11 is 3.36. The number of aliphatic hydroxyl groups is 1. The Hall–Kier alpha value is -0.380. The minimum absolute atomic E-state index is 0.00304. The number of hydrogen-bond acceptors (Lipinski definition) is 2. The summed E-state index contributed by atoms with van der Waals surface area (Å²) in [4.78, 5) is 0. The highest BCUT2D eigenvalue weighted by Crippen LogP contribution is 2.14. The van der Waals surface area contributed by atoms with Crippen molar-refractivity contribution in [3.63, 3.8) is 0 Å². The minimum atomic E-state index is -0.520. The second-order valence-corrected chi connectivity index (χ2v) is 4.53. The molecule has 0 aliphatic heterocycles. The third-order valence-corrected chi connectivity index (χ3v) is 2.41. The molecule has 0 heterocycles. The minimum Gasteiger partial charge on any atom is -0.394 e. The standard InChI is InChI=1S/C10H14BrNO/c1-10(12,7-13)6-8-2-4-9(11)5-3-8/h2-5,13H,6-7,12H2,1H3/t10-/m1/s1. The molecule has 2 nitrogen and oxygen atoms in total. The smallest absolute Gasteiger partial charge is 0.0611 e. The highest BCUT2D eigenvalue weighted by atomic mass is 79.9. The Morgan fingerprint density at radius 2 is 1.92 bits per heavy atom. The Bertz CT molecular complexity index is 269. The summed E-state index contributed by atoms with van der Waals surface area (Å²) in [5, 5.41) is 8.98. The summed E-state index contributed by atoms with van der Waals surface area (Å²) in [7, 11) is 0. The lowest BCUT2D eigenvalue weighted by Gasteiger charge is -2.21. The van der Waals surface area contributed by atoms with E-state index in [9.17, 15) is 0 Å². The van der Waals surface area contributed by atoms with Gasteiger partial charge < -0.3 is 10.8 Å². The molecule has 0 saturated heterocycles. The van der Waals surface area contributed by atoms with Gasteiger partial charge in [-0.25, -0.2) is 0 Å². The highest BCUT2D eigenvalue weighted by molar-refractivity contribution is 9.10. The Kier molecular flexibility index (Phi) is 3.47. The first-order valence-corrected chi connectivity index (χ1v) is 4.97. The molecule has 0 spiro atoms. The fraction of sp³-hybridized carbons (Fsp3) is 0.400. The van der Waals surface area contributed by atoms with Gasteiger partial charge in [0.25, 0.3) is 0 Å². The van der Waals surface area contributed by atoms with Crippen molar-refractivity contribution in [1.29, 1.82) is 0 Å². The number of rotatable bonds is 3. The van der Waals surface area contributed by atoms with E-state index in [1.165, 1.54) is 0 Å². The summed E-state index contributed by atoms with van der Waals surface area (Å²) in [6.45, 7) is 1.85. The molecule has 0 fully saturated rings. The predicted molar refractivity (Wildman–Crippen MR) is 57.5 cm³/mol. The molecule has 72 valence electrons. The summed E-state index contributed by atoms with van der Waals surface area (Å²) in [6.07, 6.45) is 0.691. The molecule has 0 aromatic heterocycles. The number of nitrogens with two attached hydrogens (primary N) is 1. The van der Waals surface area contributed by atoms with Gasteiger partial charge in [-0.2, -0.15) is 0 Å². The molecule has 0 amide bonds. The molecule has 13 heavy (non-hydrogen) atoms. The fourth-order valence-corrected chi connectivity index (χ4v) is 1.39. The van der Waals surface area contributed by atoms with E-state index >= 15 is 0 Å². The van der Waals surface area contributed by atoms with Gasteiger partial charge in [-0.1, -0.05) is 28.1 Å². The Morgan fingerprint density at radius 1 is 1.38 bits per heavy atom. The van der Waals surface area contributed by atoms with Crippen LogP contribution in [0.3, 0.4) is 0 Å².